The first-order valence-electron chi connectivity index (χ1n) is 12.1. The van der Waals surface area contributed by atoms with E-state index in [-0.39, 0.29) is 23.9 Å². The fraction of sp³-hybridized carbons (Fsp3) is 0.833. The second-order valence-corrected chi connectivity index (χ2v) is 10.0. The topological polar surface area (TPSA) is 55.6 Å². The number of piperidine rings is 1. The number of nitrogens with zero attached hydrogens (tertiary/aromatic N) is 2. The summed E-state index contributed by atoms with van der Waals surface area (Å²) in [5, 5.41) is 4.49. The molecule has 4 aliphatic rings. The Hall–Kier alpha value is -1.36. The van der Waals surface area contributed by atoms with E-state index in [2.05, 4.69) is 23.2 Å². The molecule has 4 fully saturated rings. The van der Waals surface area contributed by atoms with Crippen molar-refractivity contribution in [1.29, 1.82) is 0 Å². The summed E-state index contributed by atoms with van der Waals surface area (Å²) in [4.78, 5) is 15.4. The van der Waals surface area contributed by atoms with Crippen LogP contribution in [0.25, 0.3) is 0 Å². The van der Waals surface area contributed by atoms with Crippen molar-refractivity contribution in [2.24, 2.45) is 5.92 Å². The van der Waals surface area contributed by atoms with Gasteiger partial charge in [0.2, 0.25) is 0 Å². The van der Waals surface area contributed by atoms with E-state index in [1.165, 1.54) is 44.9 Å². The summed E-state index contributed by atoms with van der Waals surface area (Å²) in [6.07, 6.45) is 15.2. The summed E-state index contributed by atoms with van der Waals surface area (Å²) >= 11 is 0. The average molecular weight is 401 g/mol. The molecule has 29 heavy (non-hydrogen) atoms. The molecule has 0 amide bonds. The van der Waals surface area contributed by atoms with Crippen molar-refractivity contribution in [3.63, 3.8) is 0 Å². The van der Waals surface area contributed by atoms with Crippen LogP contribution in [0.5, 0.6) is 0 Å². The lowest BCUT2D eigenvalue weighted by Crippen LogP contribution is -2.49. The molecule has 0 spiro atoms. The molecule has 5 rings (SSSR count). The molecular weight excluding hydrogens is 364 g/mol. The van der Waals surface area contributed by atoms with Gasteiger partial charge in [-0.1, -0.05) is 43.7 Å². The van der Waals surface area contributed by atoms with Gasteiger partial charge in [-0.15, -0.1) is 0 Å². The van der Waals surface area contributed by atoms with E-state index in [1.807, 2.05) is 0 Å². The molecule has 0 aromatic carbocycles. The molecule has 1 aromatic rings. The fourth-order valence-corrected chi connectivity index (χ4v) is 6.55. The molecule has 1 aromatic heterocycles. The Kier molecular flexibility index (Phi) is 5.68. The van der Waals surface area contributed by atoms with Crippen molar-refractivity contribution in [2.75, 3.05) is 7.05 Å². The third-order valence-electron chi connectivity index (χ3n) is 8.32. The van der Waals surface area contributed by atoms with Crippen molar-refractivity contribution in [2.45, 2.75) is 113 Å². The lowest BCUT2D eigenvalue weighted by molar-refractivity contribution is -0.160. The zero-order chi connectivity index (χ0) is 19.8. The smallest absolute Gasteiger partial charge is 0.309 e. The number of ether oxygens (including phenoxy) is 1. The van der Waals surface area contributed by atoms with Gasteiger partial charge in [0.1, 0.15) is 11.9 Å². The normalized spacial score (nSPS) is 34.4. The van der Waals surface area contributed by atoms with Crippen molar-refractivity contribution in [3.8, 4) is 0 Å². The molecule has 5 heteroatoms. The van der Waals surface area contributed by atoms with Crippen molar-refractivity contribution in [3.05, 3.63) is 17.5 Å². The summed E-state index contributed by atoms with van der Waals surface area (Å²) in [5.41, 5.74) is 1.12. The molecule has 5 nitrogen and oxygen atoms in total. The Morgan fingerprint density at radius 1 is 1.03 bits per heavy atom. The molecular formula is C24H36N2O3. The molecule has 2 unspecified atom stereocenters. The van der Waals surface area contributed by atoms with Crippen molar-refractivity contribution >= 4 is 5.97 Å². The molecule has 0 N–H and O–H groups in total. The maximum Gasteiger partial charge on any atom is 0.309 e. The molecule has 160 valence electrons. The molecule has 0 radical (unpaired) electrons. The van der Waals surface area contributed by atoms with Crippen LogP contribution in [-0.4, -0.2) is 41.3 Å². The summed E-state index contributed by atoms with van der Waals surface area (Å²) < 4.78 is 12.2. The maximum absolute atomic E-state index is 12.9. The van der Waals surface area contributed by atoms with Crippen LogP contribution in [-0.2, 0) is 9.53 Å². The SMILES string of the molecule is CN1C2CC[C@@H]1C[C@H](OC(=O)C1CCCCC1)C2c1cc(C2CCCCC2)no1. The van der Waals surface area contributed by atoms with Gasteiger partial charge in [-0.05, 0) is 45.6 Å². The number of likely N-dealkylation sites (N-methyl/N-ethyl adjacent to an activating group) is 1. The number of hydrogen-bond donors (Lipinski definition) is 0. The van der Waals surface area contributed by atoms with Crippen LogP contribution in [0.2, 0.25) is 0 Å². The summed E-state index contributed by atoms with van der Waals surface area (Å²) in [6.45, 7) is 0. The minimum absolute atomic E-state index is 0.0377. The maximum atomic E-state index is 12.9. The van der Waals surface area contributed by atoms with Crippen LogP contribution in [0, 0.1) is 5.92 Å². The number of carbonyl (C=O) groups excluding carboxylic acids is 1. The van der Waals surface area contributed by atoms with Crippen LogP contribution < -0.4 is 0 Å². The zero-order valence-corrected chi connectivity index (χ0v) is 17.9. The van der Waals surface area contributed by atoms with E-state index in [0.717, 1.165) is 50.0 Å². The molecule has 2 saturated heterocycles. The van der Waals surface area contributed by atoms with Gasteiger partial charge in [-0.3, -0.25) is 9.69 Å². The first-order chi connectivity index (χ1) is 14.2. The third-order valence-corrected chi connectivity index (χ3v) is 8.32. The third kappa shape index (κ3) is 3.87. The Morgan fingerprint density at radius 2 is 1.76 bits per heavy atom. The minimum atomic E-state index is -0.0646. The lowest BCUT2D eigenvalue weighted by atomic mass is 9.83. The highest BCUT2D eigenvalue weighted by Crippen LogP contribution is 2.46. The van der Waals surface area contributed by atoms with Crippen molar-refractivity contribution < 1.29 is 14.1 Å². The van der Waals surface area contributed by atoms with Crippen LogP contribution in [0.3, 0.4) is 0 Å². The van der Waals surface area contributed by atoms with Gasteiger partial charge in [0, 0.05) is 30.5 Å². The Morgan fingerprint density at radius 3 is 2.52 bits per heavy atom. The van der Waals surface area contributed by atoms with E-state index in [0.29, 0.717) is 18.0 Å². The fourth-order valence-electron chi connectivity index (χ4n) is 6.55. The Bertz CT molecular complexity index is 705. The van der Waals surface area contributed by atoms with Gasteiger partial charge in [-0.25, -0.2) is 0 Å². The number of esters is 1. The largest absolute Gasteiger partial charge is 0.461 e. The van der Waals surface area contributed by atoms with Crippen LogP contribution in [0.4, 0.5) is 0 Å². The predicted molar refractivity (Wildman–Crippen MR) is 111 cm³/mol. The zero-order valence-electron chi connectivity index (χ0n) is 17.9. The summed E-state index contributed by atoms with van der Waals surface area (Å²) in [5.74, 6) is 1.76. The number of rotatable bonds is 4. The number of fused-ring (bicyclic) bond motifs is 2. The minimum Gasteiger partial charge on any atom is -0.461 e. The number of carbonyl (C=O) groups is 1. The quantitative estimate of drug-likeness (QED) is 0.653. The molecule has 2 bridgehead atoms. The highest BCUT2D eigenvalue weighted by molar-refractivity contribution is 5.72. The van der Waals surface area contributed by atoms with Crippen LogP contribution in [0.1, 0.15) is 107 Å². The lowest BCUT2D eigenvalue weighted by Gasteiger charge is -2.41. The Balaban J connectivity index is 1.35. The van der Waals surface area contributed by atoms with Gasteiger partial charge in [-0.2, -0.15) is 0 Å². The first kappa shape index (κ1) is 19.6. The van der Waals surface area contributed by atoms with E-state index in [4.69, 9.17) is 9.26 Å². The second kappa shape index (κ2) is 8.41. The summed E-state index contributed by atoms with van der Waals surface area (Å²) in [7, 11) is 2.23. The van der Waals surface area contributed by atoms with Gasteiger partial charge < -0.3 is 9.26 Å². The molecule has 4 atom stereocenters. The van der Waals surface area contributed by atoms with Crippen LogP contribution in [0.15, 0.2) is 10.6 Å². The summed E-state index contributed by atoms with van der Waals surface area (Å²) in [6, 6.07) is 3.13. The van der Waals surface area contributed by atoms with Gasteiger partial charge in [0.05, 0.1) is 17.5 Å². The highest BCUT2D eigenvalue weighted by Gasteiger charge is 2.49. The van der Waals surface area contributed by atoms with Crippen molar-refractivity contribution in [1.82, 2.24) is 10.1 Å². The standard InChI is InChI=1S/C24H36N2O3/c1-26-18-12-13-20(26)23(21(14-18)28-24(27)17-10-6-3-7-11-17)22-15-19(25-29-22)16-8-4-2-5-9-16/h15-18,20-21,23H,2-14H2,1H3/t18-,20?,21+,23?/m1/s1. The van der Waals surface area contributed by atoms with Crippen LogP contribution >= 0.6 is 0 Å². The molecule has 2 aliphatic carbocycles. The first-order valence-corrected chi connectivity index (χ1v) is 12.1. The molecule has 3 heterocycles. The Labute approximate surface area is 174 Å². The van der Waals surface area contributed by atoms with Gasteiger partial charge >= 0.3 is 5.97 Å². The molecule has 2 aliphatic heterocycles. The second-order valence-electron chi connectivity index (χ2n) is 10.0. The van der Waals surface area contributed by atoms with Gasteiger partial charge in [0.25, 0.3) is 0 Å². The molecule has 2 saturated carbocycles. The average Bonchev–Trinajstić information content (AvgIpc) is 3.33. The van der Waals surface area contributed by atoms with E-state index >= 15 is 0 Å². The monoisotopic (exact) mass is 400 g/mol. The van der Waals surface area contributed by atoms with E-state index < -0.39 is 0 Å². The van der Waals surface area contributed by atoms with E-state index in [1.54, 1.807) is 0 Å². The van der Waals surface area contributed by atoms with E-state index in [9.17, 15) is 4.79 Å². The van der Waals surface area contributed by atoms with Gasteiger partial charge in [0.15, 0.2) is 0 Å². The number of hydrogen-bond acceptors (Lipinski definition) is 5. The predicted octanol–water partition coefficient (Wildman–Crippen LogP) is 5.16. The number of aromatic nitrogens is 1. The highest BCUT2D eigenvalue weighted by atomic mass is 16.5.